The van der Waals surface area contributed by atoms with Crippen molar-refractivity contribution >= 4 is 11.8 Å². The van der Waals surface area contributed by atoms with Gasteiger partial charge in [-0.3, -0.25) is 9.59 Å². The van der Waals surface area contributed by atoms with Crippen LogP contribution >= 0.6 is 0 Å². The van der Waals surface area contributed by atoms with Gasteiger partial charge in [-0.15, -0.1) is 0 Å². The first-order valence-corrected chi connectivity index (χ1v) is 13.9. The number of fused-ring (bicyclic) bond motifs is 1. The first-order valence-electron chi connectivity index (χ1n) is 13.9. The average molecular weight is 479 g/mol. The lowest BCUT2D eigenvalue weighted by atomic mass is 9.46. The summed E-state index contributed by atoms with van der Waals surface area (Å²) in [6, 6.07) is 6.65. The minimum Gasteiger partial charge on any atom is -0.454 e. The number of nitrogens with zero attached hydrogens (tertiary/aromatic N) is 1. The molecule has 2 amide bonds. The fourth-order valence-corrected chi connectivity index (χ4v) is 9.18. The second-order valence-electron chi connectivity index (χ2n) is 13.0. The van der Waals surface area contributed by atoms with Gasteiger partial charge in [0.15, 0.2) is 11.5 Å². The molecule has 0 radical (unpaired) electrons. The summed E-state index contributed by atoms with van der Waals surface area (Å²) in [6.45, 7) is 4.38. The Balaban J connectivity index is 1.17. The molecule has 3 unspecified atom stereocenters. The molecule has 1 aromatic carbocycles. The molecule has 5 saturated carbocycles. The third kappa shape index (κ3) is 3.13. The summed E-state index contributed by atoms with van der Waals surface area (Å²) < 4.78 is 11.5. The summed E-state index contributed by atoms with van der Waals surface area (Å²) >= 11 is 0. The summed E-state index contributed by atoms with van der Waals surface area (Å²) in [5.74, 6) is 3.60. The van der Waals surface area contributed by atoms with Gasteiger partial charge in [-0.1, -0.05) is 31.4 Å². The van der Waals surface area contributed by atoms with Crippen LogP contribution in [0.5, 0.6) is 11.5 Å². The van der Waals surface area contributed by atoms with E-state index in [4.69, 9.17) is 9.47 Å². The molecule has 5 aliphatic carbocycles. The van der Waals surface area contributed by atoms with Gasteiger partial charge in [0.05, 0.1) is 16.9 Å². The van der Waals surface area contributed by atoms with E-state index >= 15 is 0 Å². The minimum atomic E-state index is -0.466. The molecule has 2 aliphatic heterocycles. The highest BCUT2D eigenvalue weighted by atomic mass is 16.7. The van der Waals surface area contributed by atoms with Crippen molar-refractivity contribution in [3.8, 4) is 11.5 Å². The second-order valence-corrected chi connectivity index (χ2v) is 13.0. The Morgan fingerprint density at radius 3 is 2.51 bits per heavy atom. The van der Waals surface area contributed by atoms with Crippen molar-refractivity contribution in [1.82, 2.24) is 10.2 Å². The van der Waals surface area contributed by atoms with Gasteiger partial charge in [0.25, 0.3) is 0 Å². The molecule has 1 saturated heterocycles. The number of hydrogen-bond donors (Lipinski definition) is 1. The molecule has 0 aromatic heterocycles. The van der Waals surface area contributed by atoms with Crippen LogP contribution in [0.15, 0.2) is 18.2 Å². The molecule has 2 heterocycles. The van der Waals surface area contributed by atoms with Gasteiger partial charge in [-0.25, -0.2) is 0 Å². The number of nitrogens with one attached hydrogen (secondary N) is 1. The average Bonchev–Trinajstić information content (AvgIpc) is 3.33. The third-order valence-corrected chi connectivity index (χ3v) is 10.4. The fourth-order valence-electron chi connectivity index (χ4n) is 9.18. The number of β-lactam (4-membered cyclic amide) rings is 1. The third-order valence-electron chi connectivity index (χ3n) is 10.4. The SMILES string of the molecule is CC1(C)C(=O)N(C2C3CC4CC2CC(C(=O)NC2CCCCC2)(C4)C3)C1c1cccc2c1OCO2. The zero-order valence-electron chi connectivity index (χ0n) is 21.1. The van der Waals surface area contributed by atoms with Crippen molar-refractivity contribution < 1.29 is 19.1 Å². The Morgan fingerprint density at radius 2 is 1.77 bits per heavy atom. The highest BCUT2D eigenvalue weighted by molar-refractivity contribution is 5.91. The molecule has 7 aliphatic rings. The largest absolute Gasteiger partial charge is 0.454 e. The Kier molecular flexibility index (Phi) is 4.79. The Bertz CT molecular complexity index is 1040. The van der Waals surface area contributed by atoms with E-state index in [0.29, 0.717) is 29.7 Å². The van der Waals surface area contributed by atoms with Crippen LogP contribution in [0.4, 0.5) is 0 Å². The van der Waals surface area contributed by atoms with E-state index in [1.165, 1.54) is 19.3 Å². The van der Waals surface area contributed by atoms with Crippen LogP contribution in [0.25, 0.3) is 0 Å². The molecule has 1 N–H and O–H groups in total. The molecule has 6 heteroatoms. The van der Waals surface area contributed by atoms with Crippen LogP contribution < -0.4 is 14.8 Å². The zero-order chi connectivity index (χ0) is 23.9. The van der Waals surface area contributed by atoms with E-state index in [0.717, 1.165) is 62.0 Å². The quantitative estimate of drug-likeness (QED) is 0.621. The first-order chi connectivity index (χ1) is 16.9. The van der Waals surface area contributed by atoms with E-state index in [9.17, 15) is 9.59 Å². The predicted molar refractivity (Wildman–Crippen MR) is 131 cm³/mol. The Hall–Kier alpha value is -2.24. The van der Waals surface area contributed by atoms with E-state index in [1.807, 2.05) is 12.1 Å². The first kappa shape index (κ1) is 22.0. The van der Waals surface area contributed by atoms with Crippen molar-refractivity contribution in [2.45, 2.75) is 96.2 Å². The number of hydrogen-bond acceptors (Lipinski definition) is 4. The molecule has 6 fully saturated rings. The highest BCUT2D eigenvalue weighted by Gasteiger charge is 2.66. The number of carbonyl (C=O) groups excluding carboxylic acids is 2. The van der Waals surface area contributed by atoms with Gasteiger partial charge in [0.1, 0.15) is 0 Å². The number of amides is 2. The van der Waals surface area contributed by atoms with Crippen LogP contribution in [-0.4, -0.2) is 35.6 Å². The maximum Gasteiger partial charge on any atom is 0.231 e. The summed E-state index contributed by atoms with van der Waals surface area (Å²) in [4.78, 5) is 29.5. The fraction of sp³-hybridized carbons (Fsp3) is 0.724. The Morgan fingerprint density at radius 1 is 1.03 bits per heavy atom. The van der Waals surface area contributed by atoms with Gasteiger partial charge < -0.3 is 19.7 Å². The summed E-state index contributed by atoms with van der Waals surface area (Å²) in [5.41, 5.74) is 0.392. The van der Waals surface area contributed by atoms with Crippen molar-refractivity contribution in [3.05, 3.63) is 23.8 Å². The molecular formula is C29H38N2O4. The van der Waals surface area contributed by atoms with E-state index in [2.05, 4.69) is 30.1 Å². The van der Waals surface area contributed by atoms with Crippen LogP contribution in [0, 0.1) is 28.6 Å². The van der Waals surface area contributed by atoms with Crippen LogP contribution in [-0.2, 0) is 9.59 Å². The number of carbonyl (C=O) groups is 2. The number of likely N-dealkylation sites (tertiary alicyclic amines) is 1. The molecule has 35 heavy (non-hydrogen) atoms. The number of ether oxygens (including phenoxy) is 2. The molecule has 6 nitrogen and oxygen atoms in total. The number of rotatable bonds is 4. The van der Waals surface area contributed by atoms with Crippen LogP contribution in [0.1, 0.15) is 89.7 Å². The smallest absolute Gasteiger partial charge is 0.231 e. The second kappa shape index (κ2) is 7.63. The maximum atomic E-state index is 13.7. The van der Waals surface area contributed by atoms with Crippen molar-refractivity contribution in [1.29, 1.82) is 0 Å². The molecule has 1 aromatic rings. The normalized spacial score (nSPS) is 39.0. The lowest BCUT2D eigenvalue weighted by Gasteiger charge is -2.66. The summed E-state index contributed by atoms with van der Waals surface area (Å²) in [6.07, 6.45) is 11.3. The van der Waals surface area contributed by atoms with E-state index in [-0.39, 0.29) is 30.2 Å². The maximum absolute atomic E-state index is 13.7. The van der Waals surface area contributed by atoms with E-state index in [1.54, 1.807) is 0 Å². The minimum absolute atomic E-state index is 0.0128. The number of para-hydroxylation sites is 1. The Labute approximate surface area is 208 Å². The summed E-state index contributed by atoms with van der Waals surface area (Å²) in [7, 11) is 0. The van der Waals surface area contributed by atoms with Crippen molar-refractivity contribution in [2.75, 3.05) is 6.79 Å². The highest BCUT2D eigenvalue weighted by Crippen LogP contribution is 2.65. The topological polar surface area (TPSA) is 67.9 Å². The number of benzene rings is 1. The van der Waals surface area contributed by atoms with Crippen molar-refractivity contribution in [3.63, 3.8) is 0 Å². The molecule has 4 bridgehead atoms. The molecule has 8 rings (SSSR count). The van der Waals surface area contributed by atoms with Crippen LogP contribution in [0.2, 0.25) is 0 Å². The lowest BCUT2D eigenvalue weighted by molar-refractivity contribution is -0.199. The van der Waals surface area contributed by atoms with Gasteiger partial charge >= 0.3 is 0 Å². The standard InChI is InChI=1S/C29H38N2O4/c1-28(2)25(21-9-6-10-22-24(21)35-16-34-22)31(27(28)33)23-18-11-17-12-19(23)15-29(13-17,14-18)26(32)30-20-7-4-3-5-8-20/h6,9-10,17-20,23,25H,3-5,7-8,11-16H2,1-2H3,(H,30,32). The van der Waals surface area contributed by atoms with Crippen LogP contribution in [0.3, 0.4) is 0 Å². The molecule has 0 spiro atoms. The lowest BCUT2D eigenvalue weighted by Crippen LogP contribution is -2.71. The zero-order valence-corrected chi connectivity index (χ0v) is 21.1. The molecular weight excluding hydrogens is 440 g/mol. The van der Waals surface area contributed by atoms with Crippen molar-refractivity contribution in [2.24, 2.45) is 28.6 Å². The van der Waals surface area contributed by atoms with Gasteiger partial charge in [-0.2, -0.15) is 0 Å². The molecule has 188 valence electrons. The summed E-state index contributed by atoms with van der Waals surface area (Å²) in [5, 5.41) is 3.48. The van der Waals surface area contributed by atoms with E-state index < -0.39 is 5.41 Å². The van der Waals surface area contributed by atoms with Gasteiger partial charge in [0.2, 0.25) is 18.6 Å². The monoisotopic (exact) mass is 478 g/mol. The van der Waals surface area contributed by atoms with Gasteiger partial charge in [-0.05, 0) is 82.6 Å². The predicted octanol–water partition coefficient (Wildman–Crippen LogP) is 4.97. The van der Waals surface area contributed by atoms with Gasteiger partial charge in [0, 0.05) is 17.6 Å². The molecule has 3 atom stereocenters.